The fourth-order valence-electron chi connectivity index (χ4n) is 3.02. The molecule has 0 spiro atoms. The number of nitrogens with one attached hydrogen (secondary N) is 2. The Hall–Kier alpha value is -3.59. The van der Waals surface area contributed by atoms with Crippen molar-refractivity contribution in [3.63, 3.8) is 0 Å². The largest absolute Gasteiger partial charge is 0.506 e. The van der Waals surface area contributed by atoms with Crippen LogP contribution >= 0.6 is 0 Å². The first-order valence-electron chi connectivity index (χ1n) is 7.75. The average Bonchev–Trinajstić information content (AvgIpc) is 2.61. The zero-order chi connectivity index (χ0) is 19.3. The van der Waals surface area contributed by atoms with Gasteiger partial charge in [-0.25, -0.2) is 8.42 Å². The standard InChI is InChI=1S/C18H12N2O6S/c21-13-9-5-1-3-7-11(9)19-17(23)15(13)27(25,26)16-14(22)10-6-2-4-8-12(10)20-18(16)24/h1-8H,(H2,19,21,23)(H2,20,22,24). The molecule has 2 aromatic carbocycles. The molecule has 0 atom stereocenters. The molecular weight excluding hydrogens is 372 g/mol. The monoisotopic (exact) mass is 384 g/mol. The Balaban J connectivity index is 2.13. The molecule has 0 aliphatic carbocycles. The van der Waals surface area contributed by atoms with E-state index in [0.29, 0.717) is 0 Å². The number of rotatable bonds is 2. The minimum Gasteiger partial charge on any atom is -0.506 e. The van der Waals surface area contributed by atoms with Crippen molar-refractivity contribution in [2.75, 3.05) is 0 Å². The van der Waals surface area contributed by atoms with Gasteiger partial charge < -0.3 is 20.2 Å². The molecule has 0 saturated heterocycles. The zero-order valence-electron chi connectivity index (χ0n) is 13.6. The highest BCUT2D eigenvalue weighted by molar-refractivity contribution is 7.91. The number of benzene rings is 2. The quantitative estimate of drug-likeness (QED) is 0.414. The molecule has 0 amide bonds. The highest BCUT2D eigenvalue weighted by Gasteiger charge is 2.33. The number of H-pyrrole nitrogens is 2. The fourth-order valence-corrected chi connectivity index (χ4v) is 4.54. The number of aromatic nitrogens is 2. The van der Waals surface area contributed by atoms with Crippen LogP contribution in [0.15, 0.2) is 67.9 Å². The van der Waals surface area contributed by atoms with Gasteiger partial charge >= 0.3 is 0 Å². The summed E-state index contributed by atoms with van der Waals surface area (Å²) in [5.74, 6) is -1.58. The van der Waals surface area contributed by atoms with Crippen LogP contribution in [0.25, 0.3) is 21.8 Å². The van der Waals surface area contributed by atoms with E-state index >= 15 is 0 Å². The number of para-hydroxylation sites is 2. The number of pyridine rings is 2. The molecule has 0 bridgehead atoms. The molecule has 0 saturated carbocycles. The van der Waals surface area contributed by atoms with Crippen molar-refractivity contribution < 1.29 is 18.6 Å². The topological polar surface area (TPSA) is 140 Å². The molecule has 9 heteroatoms. The van der Waals surface area contributed by atoms with E-state index in [1.807, 2.05) is 0 Å². The lowest BCUT2D eigenvalue weighted by atomic mass is 10.2. The van der Waals surface area contributed by atoms with Crippen LogP contribution in [0.4, 0.5) is 0 Å². The lowest BCUT2D eigenvalue weighted by molar-refractivity contribution is 0.456. The van der Waals surface area contributed by atoms with Crippen molar-refractivity contribution >= 4 is 31.6 Å². The Kier molecular flexibility index (Phi) is 3.57. The second kappa shape index (κ2) is 5.71. The molecule has 0 fully saturated rings. The van der Waals surface area contributed by atoms with Crippen molar-refractivity contribution in [1.82, 2.24) is 9.97 Å². The van der Waals surface area contributed by atoms with Gasteiger partial charge in [-0.2, -0.15) is 0 Å². The summed E-state index contributed by atoms with van der Waals surface area (Å²) in [5, 5.41) is 21.0. The van der Waals surface area contributed by atoms with E-state index in [4.69, 9.17) is 0 Å². The Labute approximate surface area is 151 Å². The molecule has 4 N–H and O–H groups in total. The van der Waals surface area contributed by atoms with Crippen LogP contribution in [0.5, 0.6) is 11.5 Å². The second-order valence-electron chi connectivity index (χ2n) is 5.86. The van der Waals surface area contributed by atoms with Crippen LogP contribution in [0.1, 0.15) is 0 Å². The Morgan fingerprint density at radius 1 is 0.667 bits per heavy atom. The van der Waals surface area contributed by atoms with E-state index in [9.17, 15) is 28.2 Å². The lowest BCUT2D eigenvalue weighted by Crippen LogP contribution is -2.24. The molecule has 0 unspecified atom stereocenters. The van der Waals surface area contributed by atoms with Crippen LogP contribution in [-0.4, -0.2) is 28.6 Å². The van der Waals surface area contributed by atoms with Crippen LogP contribution < -0.4 is 11.1 Å². The van der Waals surface area contributed by atoms with Gasteiger partial charge in [-0.15, -0.1) is 0 Å². The second-order valence-corrected chi connectivity index (χ2v) is 7.68. The van der Waals surface area contributed by atoms with Gasteiger partial charge in [0.1, 0.15) is 11.5 Å². The van der Waals surface area contributed by atoms with Gasteiger partial charge in [0, 0.05) is 10.8 Å². The number of sulfone groups is 1. The molecule has 2 heterocycles. The van der Waals surface area contributed by atoms with Crippen LogP contribution in [-0.2, 0) is 9.84 Å². The molecule has 136 valence electrons. The van der Waals surface area contributed by atoms with Crippen molar-refractivity contribution in [3.05, 3.63) is 69.2 Å². The SMILES string of the molecule is O=c1[nH]c2ccccc2c(O)c1S(=O)(=O)c1c(O)c2ccccc2[nH]c1=O. The maximum atomic E-state index is 13.0. The Morgan fingerprint density at radius 2 is 1.04 bits per heavy atom. The maximum absolute atomic E-state index is 13.0. The minimum absolute atomic E-state index is 0.0902. The van der Waals surface area contributed by atoms with Crippen LogP contribution in [0.2, 0.25) is 0 Å². The predicted octanol–water partition coefficient (Wildman–Crippen LogP) is 1.61. The summed E-state index contributed by atoms with van der Waals surface area (Å²) >= 11 is 0. The average molecular weight is 384 g/mol. The summed E-state index contributed by atoms with van der Waals surface area (Å²) in [6.07, 6.45) is 0. The van der Waals surface area contributed by atoms with Gasteiger partial charge in [0.2, 0.25) is 9.84 Å². The maximum Gasteiger partial charge on any atom is 0.271 e. The van der Waals surface area contributed by atoms with Crippen molar-refractivity contribution in [2.24, 2.45) is 0 Å². The first-order chi connectivity index (χ1) is 12.8. The van der Waals surface area contributed by atoms with E-state index in [0.717, 1.165) is 0 Å². The molecular formula is C18H12N2O6S. The molecule has 0 aliphatic rings. The predicted molar refractivity (Wildman–Crippen MR) is 97.9 cm³/mol. The third kappa shape index (κ3) is 2.40. The molecule has 27 heavy (non-hydrogen) atoms. The van der Waals surface area contributed by atoms with Gasteiger partial charge in [0.05, 0.1) is 11.0 Å². The third-order valence-electron chi connectivity index (χ3n) is 4.24. The Bertz CT molecular complexity index is 1350. The van der Waals surface area contributed by atoms with Crippen LogP contribution in [0, 0.1) is 0 Å². The van der Waals surface area contributed by atoms with Gasteiger partial charge in [-0.1, -0.05) is 24.3 Å². The normalized spacial score (nSPS) is 11.9. The van der Waals surface area contributed by atoms with Crippen molar-refractivity contribution in [2.45, 2.75) is 9.79 Å². The molecule has 0 radical (unpaired) electrons. The molecule has 4 aromatic rings. The number of aromatic hydroxyl groups is 2. The summed E-state index contributed by atoms with van der Waals surface area (Å²) in [5.41, 5.74) is -1.73. The van der Waals surface area contributed by atoms with Crippen LogP contribution in [0.3, 0.4) is 0 Å². The van der Waals surface area contributed by atoms with Gasteiger partial charge in [-0.05, 0) is 24.3 Å². The minimum atomic E-state index is -4.83. The zero-order valence-corrected chi connectivity index (χ0v) is 14.4. The van der Waals surface area contributed by atoms with Gasteiger partial charge in [0.15, 0.2) is 9.79 Å². The number of fused-ring (bicyclic) bond motifs is 2. The molecule has 8 nitrogen and oxygen atoms in total. The number of hydrogen-bond acceptors (Lipinski definition) is 6. The van der Waals surface area contributed by atoms with E-state index in [1.165, 1.54) is 24.3 Å². The van der Waals surface area contributed by atoms with Gasteiger partial charge in [0.25, 0.3) is 11.1 Å². The van der Waals surface area contributed by atoms with Crippen molar-refractivity contribution in [3.8, 4) is 11.5 Å². The summed E-state index contributed by atoms with van der Waals surface area (Å²) in [4.78, 5) is 27.5. The summed E-state index contributed by atoms with van der Waals surface area (Å²) in [6, 6.07) is 12.1. The van der Waals surface area contributed by atoms with E-state index in [1.54, 1.807) is 24.3 Å². The fraction of sp³-hybridized carbons (Fsp3) is 0. The lowest BCUT2D eigenvalue weighted by Gasteiger charge is -2.10. The number of aromatic amines is 2. The smallest absolute Gasteiger partial charge is 0.271 e. The molecule has 0 aliphatic heterocycles. The van der Waals surface area contributed by atoms with E-state index < -0.39 is 42.2 Å². The van der Waals surface area contributed by atoms with Crippen molar-refractivity contribution in [1.29, 1.82) is 0 Å². The van der Waals surface area contributed by atoms with E-state index in [2.05, 4.69) is 9.97 Å². The van der Waals surface area contributed by atoms with Gasteiger partial charge in [-0.3, -0.25) is 9.59 Å². The molecule has 2 aromatic heterocycles. The summed E-state index contributed by atoms with van der Waals surface area (Å²) < 4.78 is 26.1. The number of hydrogen-bond donors (Lipinski definition) is 4. The first kappa shape index (κ1) is 16.9. The highest BCUT2D eigenvalue weighted by atomic mass is 32.2. The third-order valence-corrected chi connectivity index (χ3v) is 6.07. The Morgan fingerprint density at radius 3 is 1.44 bits per heavy atom. The highest BCUT2D eigenvalue weighted by Crippen LogP contribution is 2.35. The van der Waals surface area contributed by atoms with E-state index in [-0.39, 0.29) is 21.8 Å². The first-order valence-corrected chi connectivity index (χ1v) is 9.23. The summed E-state index contributed by atoms with van der Waals surface area (Å²) in [7, 11) is -4.83. The molecule has 4 rings (SSSR count). The summed E-state index contributed by atoms with van der Waals surface area (Å²) in [6.45, 7) is 0.